The van der Waals surface area contributed by atoms with Gasteiger partial charge in [0.05, 0.1) is 11.4 Å². The second-order valence-corrected chi connectivity index (χ2v) is 3.78. The number of hydrogen-bond donors (Lipinski definition) is 1. The third-order valence-electron chi connectivity index (χ3n) is 1.90. The molecule has 0 aliphatic heterocycles. The molecule has 0 heterocycles. The first-order valence-electron chi connectivity index (χ1n) is 4.47. The number of hydrogen-bond acceptors (Lipinski definition) is 2. The molecule has 0 aromatic heterocycles. The van der Waals surface area contributed by atoms with Crippen LogP contribution in [0.1, 0.15) is 0 Å². The summed E-state index contributed by atoms with van der Waals surface area (Å²) in [6.07, 6.45) is -3.05. The second kappa shape index (κ2) is 5.12. The summed E-state index contributed by atoms with van der Waals surface area (Å²) in [5, 5.41) is 2.49. The molecular weight excluding hydrogens is 238 g/mol. The van der Waals surface area contributed by atoms with Gasteiger partial charge in [0.25, 0.3) is 5.91 Å². The lowest BCUT2D eigenvalue weighted by atomic mass is 10.2. The van der Waals surface area contributed by atoms with Gasteiger partial charge in [-0.15, -0.1) is 0 Å². The van der Waals surface area contributed by atoms with Crippen molar-refractivity contribution >= 4 is 28.9 Å². The molecule has 0 aliphatic rings. The van der Waals surface area contributed by atoms with Crippen molar-refractivity contribution in [3.05, 3.63) is 23.2 Å². The van der Waals surface area contributed by atoms with Crippen molar-refractivity contribution in [3.8, 4) is 0 Å². The molecule has 0 fully saturated rings. The maximum Gasteiger partial charge on any atom is 0.315 e. The lowest BCUT2D eigenvalue weighted by Crippen LogP contribution is -2.22. The topological polar surface area (TPSA) is 32.3 Å². The Labute approximate surface area is 97.0 Å². The van der Waals surface area contributed by atoms with E-state index in [0.29, 0.717) is 10.7 Å². The standard InChI is InChI=1S/C10H11ClF2N2O/c1-15(2)8-4-3-6(11)5-7(8)14-10(16)9(12)13/h3-5,9H,1-2H3,(H,14,16). The number of nitrogens with one attached hydrogen (secondary N) is 1. The van der Waals surface area contributed by atoms with Crippen molar-refractivity contribution < 1.29 is 13.6 Å². The molecule has 0 atom stereocenters. The normalized spacial score (nSPS) is 10.4. The van der Waals surface area contributed by atoms with Crippen LogP contribution in [0.2, 0.25) is 5.02 Å². The first-order chi connectivity index (χ1) is 7.41. The number of carbonyl (C=O) groups is 1. The fraction of sp³-hybridized carbons (Fsp3) is 0.300. The average molecular weight is 249 g/mol. The van der Waals surface area contributed by atoms with Crippen molar-refractivity contribution in [2.24, 2.45) is 0 Å². The molecule has 1 amide bonds. The summed E-state index contributed by atoms with van der Waals surface area (Å²) in [5.74, 6) is -1.34. The molecule has 0 radical (unpaired) electrons. The molecule has 0 spiro atoms. The zero-order chi connectivity index (χ0) is 12.3. The summed E-state index contributed by atoms with van der Waals surface area (Å²) in [6, 6.07) is 4.69. The van der Waals surface area contributed by atoms with Crippen LogP contribution in [0.4, 0.5) is 20.2 Å². The van der Waals surface area contributed by atoms with Crippen LogP contribution >= 0.6 is 11.6 Å². The highest BCUT2D eigenvalue weighted by molar-refractivity contribution is 6.31. The van der Waals surface area contributed by atoms with Crippen molar-refractivity contribution in [2.45, 2.75) is 6.43 Å². The van der Waals surface area contributed by atoms with Gasteiger partial charge in [-0.05, 0) is 18.2 Å². The van der Waals surface area contributed by atoms with Crippen molar-refractivity contribution in [2.75, 3.05) is 24.3 Å². The predicted octanol–water partition coefficient (Wildman–Crippen LogP) is 2.61. The Bertz CT molecular complexity index is 396. The Balaban J connectivity index is 3.01. The van der Waals surface area contributed by atoms with Crippen LogP contribution in [0.3, 0.4) is 0 Å². The number of amides is 1. The quantitative estimate of drug-likeness (QED) is 0.892. The van der Waals surface area contributed by atoms with E-state index in [4.69, 9.17) is 11.6 Å². The zero-order valence-electron chi connectivity index (χ0n) is 8.80. The summed E-state index contributed by atoms with van der Waals surface area (Å²) < 4.78 is 24.2. The molecule has 6 heteroatoms. The van der Waals surface area contributed by atoms with Gasteiger partial charge in [-0.25, -0.2) is 0 Å². The first kappa shape index (κ1) is 12.7. The molecule has 1 aromatic rings. The van der Waals surface area contributed by atoms with Gasteiger partial charge >= 0.3 is 6.43 Å². The molecule has 0 bridgehead atoms. The second-order valence-electron chi connectivity index (χ2n) is 3.35. The fourth-order valence-corrected chi connectivity index (χ4v) is 1.36. The number of nitrogens with zero attached hydrogens (tertiary/aromatic N) is 1. The van der Waals surface area contributed by atoms with Crippen LogP contribution in [0, 0.1) is 0 Å². The number of carbonyl (C=O) groups excluding carboxylic acids is 1. The molecule has 0 unspecified atom stereocenters. The maximum absolute atomic E-state index is 12.1. The first-order valence-corrected chi connectivity index (χ1v) is 4.85. The van der Waals surface area contributed by atoms with E-state index >= 15 is 0 Å². The van der Waals surface area contributed by atoms with E-state index in [1.807, 2.05) is 0 Å². The van der Waals surface area contributed by atoms with Gasteiger partial charge in [0.1, 0.15) is 0 Å². The summed E-state index contributed by atoms with van der Waals surface area (Å²) in [6.45, 7) is 0. The highest BCUT2D eigenvalue weighted by Crippen LogP contribution is 2.28. The molecule has 1 N–H and O–H groups in total. The van der Waals surface area contributed by atoms with Gasteiger partial charge in [0.2, 0.25) is 0 Å². The maximum atomic E-state index is 12.1. The smallest absolute Gasteiger partial charge is 0.315 e. The summed E-state index contributed by atoms with van der Waals surface area (Å²) >= 11 is 5.73. The minimum Gasteiger partial charge on any atom is -0.376 e. The minimum absolute atomic E-state index is 0.266. The van der Waals surface area contributed by atoms with E-state index in [0.717, 1.165) is 0 Å². The van der Waals surface area contributed by atoms with Gasteiger partial charge < -0.3 is 10.2 Å². The van der Waals surface area contributed by atoms with Crippen LogP contribution in [-0.2, 0) is 4.79 Å². The van der Waals surface area contributed by atoms with E-state index < -0.39 is 12.3 Å². The zero-order valence-corrected chi connectivity index (χ0v) is 9.55. The van der Waals surface area contributed by atoms with Gasteiger partial charge in [0.15, 0.2) is 0 Å². The fourth-order valence-electron chi connectivity index (χ4n) is 1.19. The van der Waals surface area contributed by atoms with Crippen LogP contribution in [0.15, 0.2) is 18.2 Å². The van der Waals surface area contributed by atoms with Crippen LogP contribution in [-0.4, -0.2) is 26.4 Å². The monoisotopic (exact) mass is 248 g/mol. The van der Waals surface area contributed by atoms with Gasteiger partial charge in [-0.3, -0.25) is 4.79 Å². The Hall–Kier alpha value is -1.36. The van der Waals surface area contributed by atoms with Crippen LogP contribution < -0.4 is 10.2 Å². The van der Waals surface area contributed by atoms with E-state index in [-0.39, 0.29) is 5.69 Å². The van der Waals surface area contributed by atoms with E-state index in [2.05, 4.69) is 5.32 Å². The summed E-state index contributed by atoms with van der Waals surface area (Å²) in [7, 11) is 3.47. The van der Waals surface area contributed by atoms with Crippen molar-refractivity contribution in [3.63, 3.8) is 0 Å². The highest BCUT2D eigenvalue weighted by Gasteiger charge is 2.17. The SMILES string of the molecule is CN(C)c1ccc(Cl)cc1NC(=O)C(F)F. The molecule has 16 heavy (non-hydrogen) atoms. The Kier molecular flexibility index (Phi) is 4.06. The third kappa shape index (κ3) is 3.06. The van der Waals surface area contributed by atoms with Crippen molar-refractivity contribution in [1.29, 1.82) is 0 Å². The Morgan fingerprint density at radius 2 is 2.06 bits per heavy atom. The average Bonchev–Trinajstić information content (AvgIpc) is 2.16. The van der Waals surface area contributed by atoms with Gasteiger partial charge in [-0.2, -0.15) is 8.78 Å². The van der Waals surface area contributed by atoms with E-state index in [1.54, 1.807) is 31.1 Å². The molecular formula is C10H11ClF2N2O. The molecule has 0 aliphatic carbocycles. The molecule has 1 rings (SSSR count). The molecule has 3 nitrogen and oxygen atoms in total. The highest BCUT2D eigenvalue weighted by atomic mass is 35.5. The van der Waals surface area contributed by atoms with E-state index in [9.17, 15) is 13.6 Å². The summed E-state index contributed by atoms with van der Waals surface area (Å²) in [5.41, 5.74) is 0.876. The molecule has 0 saturated carbocycles. The van der Waals surface area contributed by atoms with Crippen LogP contribution in [0.25, 0.3) is 0 Å². The number of rotatable bonds is 3. The third-order valence-corrected chi connectivity index (χ3v) is 2.13. The van der Waals surface area contributed by atoms with Crippen LogP contribution in [0.5, 0.6) is 0 Å². The number of anilines is 2. The Morgan fingerprint density at radius 1 is 1.44 bits per heavy atom. The Morgan fingerprint density at radius 3 is 2.56 bits per heavy atom. The lowest BCUT2D eigenvalue weighted by Gasteiger charge is -2.18. The lowest BCUT2D eigenvalue weighted by molar-refractivity contribution is -0.126. The number of benzene rings is 1. The number of halogens is 3. The molecule has 0 saturated heterocycles. The predicted molar refractivity (Wildman–Crippen MR) is 60.4 cm³/mol. The number of alkyl halides is 2. The van der Waals surface area contributed by atoms with Gasteiger partial charge in [-0.1, -0.05) is 11.6 Å². The van der Waals surface area contributed by atoms with E-state index in [1.165, 1.54) is 6.07 Å². The molecule has 1 aromatic carbocycles. The largest absolute Gasteiger partial charge is 0.376 e. The minimum atomic E-state index is -3.05. The van der Waals surface area contributed by atoms with Crippen molar-refractivity contribution in [1.82, 2.24) is 0 Å². The summed E-state index contributed by atoms with van der Waals surface area (Å²) in [4.78, 5) is 12.6. The molecule has 88 valence electrons. The van der Waals surface area contributed by atoms with Gasteiger partial charge in [0, 0.05) is 19.1 Å².